The molecule has 0 amide bonds. The Labute approximate surface area is 114 Å². The number of hydrogen-bond acceptors (Lipinski definition) is 2. The minimum atomic E-state index is -0.965. The van der Waals surface area contributed by atoms with Crippen molar-refractivity contribution in [3.8, 4) is 0 Å². The van der Waals surface area contributed by atoms with E-state index < -0.39 is 17.6 Å². The number of carboxylic acids is 1. The maximum absolute atomic E-state index is 13.6. The molecule has 0 saturated heterocycles. The second kappa shape index (κ2) is 5.40. The van der Waals surface area contributed by atoms with E-state index in [2.05, 4.69) is 5.10 Å². The lowest BCUT2D eigenvalue weighted by atomic mass is 10.1. The molecule has 2 aromatic rings. The number of nitrogens with zero attached hydrogens (tertiary/aromatic N) is 2. The fourth-order valence-corrected chi connectivity index (χ4v) is 2.13. The zero-order valence-electron chi connectivity index (χ0n) is 11.2. The van der Waals surface area contributed by atoms with E-state index in [1.54, 1.807) is 13.8 Å². The van der Waals surface area contributed by atoms with Crippen LogP contribution in [0.2, 0.25) is 0 Å². The van der Waals surface area contributed by atoms with Crippen molar-refractivity contribution < 1.29 is 18.7 Å². The third kappa shape index (κ3) is 2.68. The number of halogens is 2. The fourth-order valence-electron chi connectivity index (χ4n) is 2.13. The first-order valence-corrected chi connectivity index (χ1v) is 6.07. The van der Waals surface area contributed by atoms with E-state index in [1.165, 1.54) is 22.9 Å². The van der Waals surface area contributed by atoms with Gasteiger partial charge in [-0.15, -0.1) is 0 Å². The number of benzene rings is 1. The van der Waals surface area contributed by atoms with E-state index in [4.69, 9.17) is 5.11 Å². The van der Waals surface area contributed by atoms with Crippen LogP contribution in [-0.2, 0) is 17.8 Å². The second-order valence-corrected chi connectivity index (χ2v) is 4.58. The summed E-state index contributed by atoms with van der Waals surface area (Å²) in [6.07, 6.45) is -0.155. The molecule has 0 atom stereocenters. The Morgan fingerprint density at radius 1 is 1.25 bits per heavy atom. The molecule has 2 rings (SSSR count). The van der Waals surface area contributed by atoms with Gasteiger partial charge in [0.2, 0.25) is 0 Å². The summed E-state index contributed by atoms with van der Waals surface area (Å²) in [5.41, 5.74) is 1.66. The van der Waals surface area contributed by atoms with Crippen molar-refractivity contribution in [2.24, 2.45) is 0 Å². The Bertz CT molecular complexity index is 645. The second-order valence-electron chi connectivity index (χ2n) is 4.58. The van der Waals surface area contributed by atoms with Crippen LogP contribution in [0.1, 0.15) is 22.5 Å². The van der Waals surface area contributed by atoms with Gasteiger partial charge in [-0.2, -0.15) is 5.10 Å². The molecule has 20 heavy (non-hydrogen) atoms. The molecule has 1 aromatic heterocycles. The van der Waals surface area contributed by atoms with E-state index in [1.807, 2.05) is 0 Å². The average molecular weight is 280 g/mol. The van der Waals surface area contributed by atoms with Gasteiger partial charge in [-0.1, -0.05) is 6.07 Å². The van der Waals surface area contributed by atoms with Crippen molar-refractivity contribution in [2.75, 3.05) is 0 Å². The molecule has 1 N–H and O–H groups in total. The molecular weight excluding hydrogens is 266 g/mol. The van der Waals surface area contributed by atoms with Crippen LogP contribution < -0.4 is 0 Å². The van der Waals surface area contributed by atoms with Crippen LogP contribution in [0.15, 0.2) is 18.2 Å². The number of aromatic nitrogens is 2. The number of aryl methyl sites for hydroxylation is 1. The van der Waals surface area contributed by atoms with Crippen molar-refractivity contribution in [2.45, 2.75) is 26.8 Å². The van der Waals surface area contributed by atoms with E-state index in [0.29, 0.717) is 17.0 Å². The summed E-state index contributed by atoms with van der Waals surface area (Å²) in [4.78, 5) is 10.8. The molecule has 0 saturated carbocycles. The molecule has 0 unspecified atom stereocenters. The Balaban J connectivity index is 2.38. The van der Waals surface area contributed by atoms with Crippen LogP contribution in [0.5, 0.6) is 0 Å². The van der Waals surface area contributed by atoms with Crippen LogP contribution >= 0.6 is 0 Å². The first kappa shape index (κ1) is 14.2. The number of rotatable bonds is 4. The third-order valence-electron chi connectivity index (χ3n) is 3.23. The third-order valence-corrected chi connectivity index (χ3v) is 3.23. The van der Waals surface area contributed by atoms with Gasteiger partial charge in [0.15, 0.2) is 0 Å². The largest absolute Gasteiger partial charge is 0.481 e. The van der Waals surface area contributed by atoms with Crippen LogP contribution in [0, 0.1) is 25.5 Å². The lowest BCUT2D eigenvalue weighted by Crippen LogP contribution is -2.09. The Morgan fingerprint density at radius 3 is 2.40 bits per heavy atom. The predicted octanol–water partition coefficient (Wildman–Crippen LogP) is 2.45. The first-order valence-electron chi connectivity index (χ1n) is 6.07. The van der Waals surface area contributed by atoms with Crippen molar-refractivity contribution in [1.82, 2.24) is 9.78 Å². The molecule has 1 heterocycles. The molecule has 0 aliphatic heterocycles. The first-order chi connectivity index (χ1) is 9.40. The van der Waals surface area contributed by atoms with Gasteiger partial charge >= 0.3 is 5.97 Å². The van der Waals surface area contributed by atoms with Crippen molar-refractivity contribution >= 4 is 5.97 Å². The van der Waals surface area contributed by atoms with Gasteiger partial charge in [-0.3, -0.25) is 9.48 Å². The normalized spacial score (nSPS) is 10.8. The smallest absolute Gasteiger partial charge is 0.307 e. The molecule has 0 fully saturated rings. The summed E-state index contributed by atoms with van der Waals surface area (Å²) in [6.45, 7) is 3.31. The SMILES string of the molecule is Cc1nn(Cc2c(F)cccc2F)c(C)c1CC(=O)O. The summed E-state index contributed by atoms with van der Waals surface area (Å²) in [7, 11) is 0. The zero-order valence-corrected chi connectivity index (χ0v) is 11.2. The zero-order chi connectivity index (χ0) is 14.9. The summed E-state index contributed by atoms with van der Waals surface area (Å²) >= 11 is 0. The standard InChI is InChI=1S/C14H14F2N2O2/c1-8-10(6-14(19)20)9(2)18(17-8)7-11-12(15)4-3-5-13(11)16/h3-5H,6-7H2,1-2H3,(H,19,20). The maximum Gasteiger partial charge on any atom is 0.307 e. The molecule has 0 bridgehead atoms. The molecule has 0 radical (unpaired) electrons. The van der Waals surface area contributed by atoms with Gasteiger partial charge in [0.05, 0.1) is 18.7 Å². The summed E-state index contributed by atoms with van der Waals surface area (Å²) in [6, 6.07) is 3.66. The van der Waals surface area contributed by atoms with Gasteiger partial charge in [0, 0.05) is 16.8 Å². The molecule has 0 spiro atoms. The molecule has 4 nitrogen and oxygen atoms in total. The molecular formula is C14H14F2N2O2. The van der Waals surface area contributed by atoms with Gasteiger partial charge in [-0.25, -0.2) is 8.78 Å². The molecule has 106 valence electrons. The Morgan fingerprint density at radius 2 is 1.85 bits per heavy atom. The molecule has 6 heteroatoms. The number of carbonyl (C=O) groups is 1. The Hall–Kier alpha value is -2.24. The number of aliphatic carboxylic acids is 1. The quantitative estimate of drug-likeness (QED) is 0.936. The topological polar surface area (TPSA) is 55.1 Å². The van der Waals surface area contributed by atoms with Gasteiger partial charge in [-0.05, 0) is 26.0 Å². The summed E-state index contributed by atoms with van der Waals surface area (Å²) < 4.78 is 28.6. The van der Waals surface area contributed by atoms with Crippen molar-refractivity contribution in [3.05, 3.63) is 52.3 Å². The molecule has 0 aliphatic carbocycles. The monoisotopic (exact) mass is 280 g/mol. The number of carboxylic acid groups (broad SMARTS) is 1. The van der Waals surface area contributed by atoms with E-state index in [9.17, 15) is 13.6 Å². The van der Waals surface area contributed by atoms with Crippen LogP contribution in [0.3, 0.4) is 0 Å². The highest BCUT2D eigenvalue weighted by Gasteiger charge is 2.17. The van der Waals surface area contributed by atoms with Crippen LogP contribution in [-0.4, -0.2) is 20.9 Å². The van der Waals surface area contributed by atoms with E-state index >= 15 is 0 Å². The van der Waals surface area contributed by atoms with Gasteiger partial charge in [0.1, 0.15) is 11.6 Å². The maximum atomic E-state index is 13.6. The fraction of sp³-hybridized carbons (Fsp3) is 0.286. The van der Waals surface area contributed by atoms with Crippen LogP contribution in [0.4, 0.5) is 8.78 Å². The van der Waals surface area contributed by atoms with E-state index in [-0.39, 0.29) is 18.5 Å². The lowest BCUT2D eigenvalue weighted by molar-refractivity contribution is -0.136. The van der Waals surface area contributed by atoms with Gasteiger partial charge in [0.25, 0.3) is 0 Å². The Kier molecular flexibility index (Phi) is 3.83. The summed E-state index contributed by atoms with van der Waals surface area (Å²) in [5, 5.41) is 13.0. The van der Waals surface area contributed by atoms with Crippen molar-refractivity contribution in [1.29, 1.82) is 0 Å². The van der Waals surface area contributed by atoms with Crippen LogP contribution in [0.25, 0.3) is 0 Å². The minimum Gasteiger partial charge on any atom is -0.481 e. The highest BCUT2D eigenvalue weighted by Crippen LogP contribution is 2.18. The molecule has 1 aromatic carbocycles. The minimum absolute atomic E-state index is 0.0647. The number of hydrogen-bond donors (Lipinski definition) is 1. The highest BCUT2D eigenvalue weighted by atomic mass is 19.1. The highest BCUT2D eigenvalue weighted by molar-refractivity contribution is 5.70. The van der Waals surface area contributed by atoms with Crippen molar-refractivity contribution in [3.63, 3.8) is 0 Å². The van der Waals surface area contributed by atoms with E-state index in [0.717, 1.165) is 0 Å². The molecule has 0 aliphatic rings. The average Bonchev–Trinajstić information content (AvgIpc) is 2.61. The lowest BCUT2D eigenvalue weighted by Gasteiger charge is -2.07. The van der Waals surface area contributed by atoms with Gasteiger partial charge < -0.3 is 5.11 Å². The summed E-state index contributed by atoms with van der Waals surface area (Å²) in [5.74, 6) is -2.25. The predicted molar refractivity (Wildman–Crippen MR) is 68.5 cm³/mol.